The molecule has 6 rings (SSSR count). The van der Waals surface area contributed by atoms with Crippen LogP contribution < -0.4 is 10.0 Å². The molecule has 0 atom stereocenters. The number of benzene rings is 2. The van der Waals surface area contributed by atoms with E-state index in [1.165, 1.54) is 19.3 Å². The topological polar surface area (TPSA) is 75.3 Å². The number of amides is 1. The fourth-order valence-electron chi connectivity index (χ4n) is 6.42. The second kappa shape index (κ2) is 7.37. The Morgan fingerprint density at radius 1 is 0.903 bits per heavy atom. The molecule has 0 aliphatic heterocycles. The summed E-state index contributed by atoms with van der Waals surface area (Å²) < 4.78 is 28.1. The van der Waals surface area contributed by atoms with Gasteiger partial charge in [-0.25, -0.2) is 8.42 Å². The summed E-state index contributed by atoms with van der Waals surface area (Å²) in [5.41, 5.74) is 2.78. The lowest BCUT2D eigenvalue weighted by Crippen LogP contribution is -2.59. The highest BCUT2D eigenvalue weighted by molar-refractivity contribution is 7.92. The first-order chi connectivity index (χ1) is 14.7. The molecule has 0 spiro atoms. The summed E-state index contributed by atoms with van der Waals surface area (Å²) in [6, 6.07) is 11.9. The van der Waals surface area contributed by atoms with Gasteiger partial charge in [-0.05, 0) is 106 Å². The summed E-state index contributed by atoms with van der Waals surface area (Å²) in [5.74, 6) is 2.27. The van der Waals surface area contributed by atoms with E-state index >= 15 is 0 Å². The number of rotatable bonds is 5. The molecule has 164 valence electrons. The molecule has 4 aliphatic carbocycles. The maximum Gasteiger partial charge on any atom is 0.261 e. The van der Waals surface area contributed by atoms with Gasteiger partial charge in [0.05, 0.1) is 10.6 Å². The molecular formula is C25H30N2O3S. The lowest BCUT2D eigenvalue weighted by molar-refractivity contribution is -0.0167. The number of anilines is 1. The molecular weight excluding hydrogens is 408 g/mol. The monoisotopic (exact) mass is 438 g/mol. The Bertz CT molecular complexity index is 1090. The van der Waals surface area contributed by atoms with Crippen LogP contribution in [-0.2, 0) is 10.0 Å². The minimum Gasteiger partial charge on any atom is -0.347 e. The molecule has 2 aromatic carbocycles. The van der Waals surface area contributed by atoms with Gasteiger partial charge in [0.15, 0.2) is 0 Å². The maximum atomic E-state index is 13.1. The van der Waals surface area contributed by atoms with Crippen LogP contribution in [0.25, 0.3) is 0 Å². The van der Waals surface area contributed by atoms with E-state index in [2.05, 4.69) is 10.0 Å². The quantitative estimate of drug-likeness (QED) is 0.704. The van der Waals surface area contributed by atoms with Crippen molar-refractivity contribution in [1.82, 2.24) is 5.32 Å². The fraction of sp³-hybridized carbons (Fsp3) is 0.480. The first-order valence-electron chi connectivity index (χ1n) is 11.2. The Morgan fingerprint density at radius 3 is 2.03 bits per heavy atom. The highest BCUT2D eigenvalue weighted by Crippen LogP contribution is 2.55. The molecule has 2 aromatic rings. The van der Waals surface area contributed by atoms with Gasteiger partial charge in [-0.1, -0.05) is 17.7 Å². The van der Waals surface area contributed by atoms with E-state index in [-0.39, 0.29) is 16.3 Å². The average molecular weight is 439 g/mol. The molecule has 2 N–H and O–H groups in total. The van der Waals surface area contributed by atoms with Crippen LogP contribution in [0.3, 0.4) is 0 Å². The van der Waals surface area contributed by atoms with Gasteiger partial charge >= 0.3 is 0 Å². The molecule has 0 radical (unpaired) electrons. The molecule has 31 heavy (non-hydrogen) atoms. The number of sulfonamides is 1. The van der Waals surface area contributed by atoms with Crippen LogP contribution in [0, 0.1) is 31.6 Å². The fourth-order valence-corrected chi connectivity index (χ4v) is 7.55. The van der Waals surface area contributed by atoms with Gasteiger partial charge in [0.1, 0.15) is 0 Å². The highest BCUT2D eigenvalue weighted by Gasteiger charge is 2.51. The van der Waals surface area contributed by atoms with Crippen molar-refractivity contribution in [3.63, 3.8) is 0 Å². The smallest absolute Gasteiger partial charge is 0.261 e. The van der Waals surface area contributed by atoms with Crippen LogP contribution in [0.5, 0.6) is 0 Å². The molecule has 0 heterocycles. The number of aryl methyl sites for hydroxylation is 2. The molecule has 6 heteroatoms. The van der Waals surface area contributed by atoms with Crippen molar-refractivity contribution in [2.24, 2.45) is 17.8 Å². The molecule has 4 fully saturated rings. The van der Waals surface area contributed by atoms with Gasteiger partial charge in [0.2, 0.25) is 0 Å². The number of hydrogen-bond donors (Lipinski definition) is 2. The third-order valence-corrected chi connectivity index (χ3v) is 8.86. The van der Waals surface area contributed by atoms with Crippen molar-refractivity contribution < 1.29 is 13.2 Å². The van der Waals surface area contributed by atoms with Crippen molar-refractivity contribution in [1.29, 1.82) is 0 Å². The number of carbonyl (C=O) groups is 1. The lowest BCUT2D eigenvalue weighted by atomic mass is 9.53. The molecule has 4 bridgehead atoms. The Morgan fingerprint density at radius 2 is 1.48 bits per heavy atom. The van der Waals surface area contributed by atoms with Gasteiger partial charge < -0.3 is 5.32 Å². The first kappa shape index (κ1) is 20.6. The minimum atomic E-state index is -3.67. The van der Waals surface area contributed by atoms with Gasteiger partial charge in [-0.2, -0.15) is 0 Å². The second-order valence-corrected chi connectivity index (χ2v) is 11.8. The molecule has 0 saturated heterocycles. The Labute approximate surface area is 184 Å². The van der Waals surface area contributed by atoms with E-state index in [0.717, 1.165) is 48.1 Å². The van der Waals surface area contributed by atoms with Crippen molar-refractivity contribution in [3.8, 4) is 0 Å². The summed E-state index contributed by atoms with van der Waals surface area (Å²) in [6.45, 7) is 3.75. The van der Waals surface area contributed by atoms with E-state index in [0.29, 0.717) is 11.3 Å². The van der Waals surface area contributed by atoms with Crippen molar-refractivity contribution in [2.75, 3.05) is 4.72 Å². The third-order valence-electron chi connectivity index (χ3n) is 7.48. The van der Waals surface area contributed by atoms with E-state index in [1.807, 2.05) is 13.8 Å². The Kier molecular flexibility index (Phi) is 4.88. The largest absolute Gasteiger partial charge is 0.347 e. The number of carbonyl (C=O) groups excluding carboxylic acids is 1. The molecule has 5 nitrogen and oxygen atoms in total. The normalized spacial score (nSPS) is 29.0. The first-order valence-corrected chi connectivity index (χ1v) is 12.7. The van der Waals surface area contributed by atoms with Gasteiger partial charge in [0.25, 0.3) is 15.9 Å². The second-order valence-electron chi connectivity index (χ2n) is 10.1. The molecule has 0 unspecified atom stereocenters. The SMILES string of the molecule is Cc1ccc(S(=O)(=O)Nc2ccc(C(=O)NC34CC5CC(CC(C5)C3)C4)cc2C)cc1. The van der Waals surface area contributed by atoms with Crippen molar-refractivity contribution in [2.45, 2.75) is 62.8 Å². The zero-order chi connectivity index (χ0) is 21.8. The molecule has 1 amide bonds. The molecule has 4 aliphatic rings. The Balaban J connectivity index is 1.31. The van der Waals surface area contributed by atoms with Gasteiger partial charge in [-0.3, -0.25) is 9.52 Å². The summed E-state index contributed by atoms with van der Waals surface area (Å²) in [6.07, 6.45) is 7.34. The van der Waals surface area contributed by atoms with Crippen LogP contribution in [0.2, 0.25) is 0 Å². The van der Waals surface area contributed by atoms with Crippen LogP contribution in [0.4, 0.5) is 5.69 Å². The predicted molar refractivity (Wildman–Crippen MR) is 122 cm³/mol. The van der Waals surface area contributed by atoms with Crippen LogP contribution >= 0.6 is 0 Å². The van der Waals surface area contributed by atoms with E-state index < -0.39 is 10.0 Å². The standard InChI is InChI=1S/C25H30N2O3S/c1-16-3-6-22(7-4-16)31(29,30)27-23-8-5-21(9-17(23)2)24(28)26-25-13-18-10-19(14-25)12-20(11-18)15-25/h3-9,18-20,27H,10-15H2,1-2H3,(H,26,28). The maximum absolute atomic E-state index is 13.1. The van der Waals surface area contributed by atoms with E-state index in [4.69, 9.17) is 0 Å². The zero-order valence-electron chi connectivity index (χ0n) is 18.1. The molecule has 4 saturated carbocycles. The Hall–Kier alpha value is -2.34. The zero-order valence-corrected chi connectivity index (χ0v) is 19.0. The van der Waals surface area contributed by atoms with Crippen molar-refractivity contribution >= 4 is 21.6 Å². The summed E-state index contributed by atoms with van der Waals surface area (Å²) in [5, 5.41) is 3.39. The van der Waals surface area contributed by atoms with Crippen LogP contribution in [-0.4, -0.2) is 19.9 Å². The van der Waals surface area contributed by atoms with Crippen LogP contribution in [0.15, 0.2) is 47.4 Å². The predicted octanol–water partition coefficient (Wildman–Crippen LogP) is 4.80. The van der Waals surface area contributed by atoms with Crippen molar-refractivity contribution in [3.05, 3.63) is 59.2 Å². The number of hydrogen-bond acceptors (Lipinski definition) is 3. The van der Waals surface area contributed by atoms with Crippen LogP contribution in [0.1, 0.15) is 60.0 Å². The minimum absolute atomic E-state index is 0.0363. The highest BCUT2D eigenvalue weighted by atomic mass is 32.2. The van der Waals surface area contributed by atoms with E-state index in [9.17, 15) is 13.2 Å². The van der Waals surface area contributed by atoms with E-state index in [1.54, 1.807) is 42.5 Å². The average Bonchev–Trinajstić information content (AvgIpc) is 2.68. The lowest BCUT2D eigenvalue weighted by Gasteiger charge is -2.56. The molecule has 0 aromatic heterocycles. The summed E-state index contributed by atoms with van der Waals surface area (Å²) in [4.78, 5) is 13.3. The summed E-state index contributed by atoms with van der Waals surface area (Å²) >= 11 is 0. The summed E-state index contributed by atoms with van der Waals surface area (Å²) in [7, 11) is -3.67. The van der Waals surface area contributed by atoms with Gasteiger partial charge in [-0.15, -0.1) is 0 Å². The number of nitrogens with one attached hydrogen (secondary N) is 2. The van der Waals surface area contributed by atoms with Gasteiger partial charge in [0, 0.05) is 11.1 Å². The third kappa shape index (κ3) is 3.98.